The Bertz CT molecular complexity index is 1040. The van der Waals surface area contributed by atoms with E-state index in [4.69, 9.17) is 0 Å². The summed E-state index contributed by atoms with van der Waals surface area (Å²) in [6.45, 7) is 17.5. The number of fused-ring (bicyclic) bond motifs is 8. The minimum atomic E-state index is -0.489. The van der Waals surface area contributed by atoms with Gasteiger partial charge in [0.1, 0.15) is 0 Å². The molecule has 1 aromatic heterocycles. The maximum atomic E-state index is 12.9. The van der Waals surface area contributed by atoms with Gasteiger partial charge in [-0.2, -0.15) is 5.10 Å². The number of nitrogens with one attached hydrogen (secondary N) is 1. The Morgan fingerprint density at radius 3 is 2.40 bits per heavy atom. The molecule has 0 bridgehead atoms. The zero-order chi connectivity index (χ0) is 25.2. The van der Waals surface area contributed by atoms with E-state index in [0.29, 0.717) is 35.5 Å². The monoisotopic (exact) mass is 480 g/mol. The summed E-state index contributed by atoms with van der Waals surface area (Å²) in [7, 11) is 0. The Labute approximate surface area is 212 Å². The lowest BCUT2D eigenvalue weighted by atomic mass is 9.32. The normalized spacial score (nSPS) is 50.0. The molecule has 4 heteroatoms. The number of hydrogen-bond acceptors (Lipinski definition) is 2. The summed E-state index contributed by atoms with van der Waals surface area (Å²) < 4.78 is 0. The van der Waals surface area contributed by atoms with E-state index in [2.05, 4.69) is 64.9 Å². The number of nitrogens with zero attached hydrogens (tertiary/aromatic N) is 1. The zero-order valence-corrected chi connectivity index (χ0v) is 23.2. The van der Waals surface area contributed by atoms with Gasteiger partial charge in [-0.15, -0.1) is 0 Å². The van der Waals surface area contributed by atoms with Gasteiger partial charge in [0.15, 0.2) is 0 Å². The highest BCUT2D eigenvalue weighted by molar-refractivity contribution is 5.76. The van der Waals surface area contributed by atoms with E-state index in [9.17, 15) is 9.90 Å². The van der Waals surface area contributed by atoms with Crippen LogP contribution in [0.1, 0.15) is 111 Å². The van der Waals surface area contributed by atoms with E-state index in [1.807, 2.05) is 0 Å². The predicted molar refractivity (Wildman–Crippen MR) is 139 cm³/mol. The van der Waals surface area contributed by atoms with Crippen molar-refractivity contribution in [3.63, 3.8) is 0 Å². The first-order valence-electron chi connectivity index (χ1n) is 14.6. The lowest BCUT2D eigenvalue weighted by Gasteiger charge is -2.72. The van der Waals surface area contributed by atoms with Crippen molar-refractivity contribution in [2.75, 3.05) is 0 Å². The van der Waals surface area contributed by atoms with Crippen LogP contribution < -0.4 is 0 Å². The lowest BCUT2D eigenvalue weighted by molar-refractivity contribution is -0.230. The third-order valence-corrected chi connectivity index (χ3v) is 13.8. The molecule has 4 nitrogen and oxygen atoms in total. The molecule has 0 aromatic carbocycles. The molecule has 0 aliphatic heterocycles. The van der Waals surface area contributed by atoms with Crippen LogP contribution in [-0.4, -0.2) is 21.3 Å². The maximum Gasteiger partial charge on any atom is 0.309 e. The van der Waals surface area contributed by atoms with Gasteiger partial charge in [-0.05, 0) is 115 Å². The standard InChI is InChI=1S/C31H48N2O2/c1-18(2)20-10-13-31(26(34)35)15-14-29(6)21(24(20)31)8-9-23-28(5)16-19-17-32-33-25(19)27(3,4)22(28)11-12-30(23,29)7/h17-18,20-24H,8-16H2,1-7H3,(H,32,33)(H,34,35)/t20-,21+,22-,23+,24+,28-,29+,30+,31-/m0/s1. The molecule has 2 N–H and O–H groups in total. The number of H-pyrrole nitrogens is 1. The summed E-state index contributed by atoms with van der Waals surface area (Å²) in [6, 6.07) is 0. The Hall–Kier alpha value is -1.32. The Morgan fingerprint density at radius 1 is 0.971 bits per heavy atom. The summed E-state index contributed by atoms with van der Waals surface area (Å²) in [6.07, 6.45) is 12.3. The molecule has 35 heavy (non-hydrogen) atoms. The molecule has 4 saturated carbocycles. The fourth-order valence-electron chi connectivity index (χ4n) is 12.1. The van der Waals surface area contributed by atoms with Crippen LogP contribution in [0.2, 0.25) is 0 Å². The molecule has 5 aliphatic carbocycles. The predicted octanol–water partition coefficient (Wildman–Crippen LogP) is 7.25. The minimum absolute atomic E-state index is 0.122. The summed E-state index contributed by atoms with van der Waals surface area (Å²) in [4.78, 5) is 12.9. The number of carboxylic acid groups (broad SMARTS) is 1. The van der Waals surface area contributed by atoms with E-state index in [0.717, 1.165) is 32.1 Å². The molecule has 0 radical (unpaired) electrons. The maximum absolute atomic E-state index is 12.9. The minimum Gasteiger partial charge on any atom is -0.481 e. The second kappa shape index (κ2) is 7.16. The van der Waals surface area contributed by atoms with Crippen molar-refractivity contribution < 1.29 is 9.90 Å². The van der Waals surface area contributed by atoms with Crippen molar-refractivity contribution >= 4 is 5.97 Å². The molecule has 6 rings (SSSR count). The summed E-state index contributed by atoms with van der Waals surface area (Å²) in [5.74, 6) is 2.89. The molecule has 9 atom stereocenters. The van der Waals surface area contributed by atoms with Crippen molar-refractivity contribution in [3.8, 4) is 0 Å². The van der Waals surface area contributed by atoms with Gasteiger partial charge >= 0.3 is 5.97 Å². The molecule has 0 unspecified atom stereocenters. The van der Waals surface area contributed by atoms with Crippen LogP contribution in [0.25, 0.3) is 0 Å². The van der Waals surface area contributed by atoms with Crippen LogP contribution in [0.3, 0.4) is 0 Å². The summed E-state index contributed by atoms with van der Waals surface area (Å²) in [5, 5.41) is 18.5. The highest BCUT2D eigenvalue weighted by atomic mass is 16.4. The number of aliphatic carboxylic acids is 1. The smallest absolute Gasteiger partial charge is 0.309 e. The highest BCUT2D eigenvalue weighted by Gasteiger charge is 2.72. The van der Waals surface area contributed by atoms with Crippen molar-refractivity contribution in [1.29, 1.82) is 0 Å². The van der Waals surface area contributed by atoms with Gasteiger partial charge < -0.3 is 5.11 Å². The zero-order valence-electron chi connectivity index (χ0n) is 23.2. The van der Waals surface area contributed by atoms with E-state index in [-0.39, 0.29) is 21.7 Å². The Kier molecular flexibility index (Phi) is 4.92. The number of aromatic amines is 1. The van der Waals surface area contributed by atoms with Gasteiger partial charge in [-0.3, -0.25) is 9.89 Å². The SMILES string of the molecule is CC(C)[C@@H]1CC[C@]2(C(=O)O)CC[C@]3(C)[C@H](CC[C@@H]4[C@@]5(C)Cc6cn[nH]c6C(C)(C)[C@@H]5CC[C@]43C)[C@@H]12. The number of carboxylic acids is 1. The third kappa shape index (κ3) is 2.70. The third-order valence-electron chi connectivity index (χ3n) is 13.8. The van der Waals surface area contributed by atoms with Crippen LogP contribution in [0.15, 0.2) is 6.20 Å². The second-order valence-corrected chi connectivity index (χ2v) is 15.3. The number of carbonyl (C=O) groups is 1. The number of rotatable bonds is 2. The van der Waals surface area contributed by atoms with Gasteiger partial charge in [0.05, 0.1) is 11.6 Å². The van der Waals surface area contributed by atoms with E-state index in [1.54, 1.807) is 0 Å². The van der Waals surface area contributed by atoms with E-state index < -0.39 is 11.4 Å². The molecule has 5 aliphatic rings. The van der Waals surface area contributed by atoms with Crippen LogP contribution in [0.5, 0.6) is 0 Å². The molecule has 194 valence electrons. The van der Waals surface area contributed by atoms with Gasteiger partial charge in [-0.1, -0.05) is 48.5 Å². The molecule has 0 spiro atoms. The topological polar surface area (TPSA) is 66.0 Å². The molecule has 0 saturated heterocycles. The molecule has 0 amide bonds. The van der Waals surface area contributed by atoms with Crippen LogP contribution in [-0.2, 0) is 16.6 Å². The highest BCUT2D eigenvalue weighted by Crippen LogP contribution is 2.77. The van der Waals surface area contributed by atoms with Gasteiger partial charge in [0, 0.05) is 11.1 Å². The first-order chi connectivity index (χ1) is 16.3. The number of aromatic nitrogens is 2. The quantitative estimate of drug-likeness (QED) is 0.469. The Balaban J connectivity index is 1.43. The molecular formula is C31H48N2O2. The van der Waals surface area contributed by atoms with Crippen molar-refractivity contribution in [1.82, 2.24) is 10.2 Å². The average molecular weight is 481 g/mol. The van der Waals surface area contributed by atoms with Crippen LogP contribution >= 0.6 is 0 Å². The molecule has 1 aromatic rings. The first-order valence-corrected chi connectivity index (χ1v) is 14.6. The molecule has 1 heterocycles. The fraction of sp³-hybridized carbons (Fsp3) is 0.871. The molecule has 4 fully saturated rings. The molecular weight excluding hydrogens is 432 g/mol. The van der Waals surface area contributed by atoms with Crippen LogP contribution in [0.4, 0.5) is 0 Å². The van der Waals surface area contributed by atoms with E-state index >= 15 is 0 Å². The fourth-order valence-corrected chi connectivity index (χ4v) is 12.1. The first kappa shape index (κ1) is 24.0. The van der Waals surface area contributed by atoms with Crippen molar-refractivity contribution in [2.45, 2.75) is 112 Å². The van der Waals surface area contributed by atoms with Crippen molar-refractivity contribution in [3.05, 3.63) is 17.5 Å². The van der Waals surface area contributed by atoms with E-state index in [1.165, 1.54) is 36.9 Å². The van der Waals surface area contributed by atoms with Crippen molar-refractivity contribution in [2.24, 2.45) is 57.2 Å². The summed E-state index contributed by atoms with van der Waals surface area (Å²) in [5.41, 5.74) is 3.24. The van der Waals surface area contributed by atoms with Gasteiger partial charge in [0.25, 0.3) is 0 Å². The number of hydrogen-bond donors (Lipinski definition) is 2. The van der Waals surface area contributed by atoms with Gasteiger partial charge in [-0.25, -0.2) is 0 Å². The summed E-state index contributed by atoms with van der Waals surface area (Å²) >= 11 is 0. The lowest BCUT2D eigenvalue weighted by Crippen LogP contribution is -2.67. The second-order valence-electron chi connectivity index (χ2n) is 15.3. The van der Waals surface area contributed by atoms with Gasteiger partial charge in [0.2, 0.25) is 0 Å². The average Bonchev–Trinajstić information content (AvgIpc) is 3.39. The Morgan fingerprint density at radius 2 is 1.71 bits per heavy atom. The van der Waals surface area contributed by atoms with Crippen LogP contribution in [0, 0.1) is 57.2 Å². The largest absolute Gasteiger partial charge is 0.481 e.